The van der Waals surface area contributed by atoms with Crippen LogP contribution in [0.1, 0.15) is 69.2 Å². The summed E-state index contributed by atoms with van der Waals surface area (Å²) in [6.45, 7) is 5.95. The van der Waals surface area contributed by atoms with Crippen molar-refractivity contribution >= 4 is 5.97 Å². The van der Waals surface area contributed by atoms with Gasteiger partial charge >= 0.3 is 5.97 Å². The monoisotopic (exact) mass is 528 g/mol. The van der Waals surface area contributed by atoms with Gasteiger partial charge in [-0.3, -0.25) is 4.79 Å². The highest BCUT2D eigenvalue weighted by molar-refractivity contribution is 5.69. The van der Waals surface area contributed by atoms with Crippen LogP contribution in [0.25, 0.3) is 11.1 Å². The van der Waals surface area contributed by atoms with Crippen molar-refractivity contribution in [1.82, 2.24) is 0 Å². The molecule has 1 aliphatic carbocycles. The van der Waals surface area contributed by atoms with Crippen molar-refractivity contribution in [3.63, 3.8) is 0 Å². The third kappa shape index (κ3) is 8.09. The number of rotatable bonds is 9. The molecule has 204 valence electrons. The van der Waals surface area contributed by atoms with Gasteiger partial charge in [0, 0.05) is 19.1 Å². The second-order valence-electron chi connectivity index (χ2n) is 10.5. The maximum atomic E-state index is 14.8. The summed E-state index contributed by atoms with van der Waals surface area (Å²) in [7, 11) is 1.56. The molecule has 0 heterocycles. The summed E-state index contributed by atoms with van der Waals surface area (Å²) in [5, 5.41) is 8.86. The third-order valence-corrected chi connectivity index (χ3v) is 6.04. The lowest BCUT2D eigenvalue weighted by Gasteiger charge is -2.32. The summed E-state index contributed by atoms with van der Waals surface area (Å²) in [6.07, 6.45) is 3.92. The number of aryl methyl sites for hydroxylation is 1. The molecule has 0 spiro atoms. The molecule has 0 bridgehead atoms. The van der Waals surface area contributed by atoms with Gasteiger partial charge in [0.25, 0.3) is 0 Å². The van der Waals surface area contributed by atoms with E-state index in [2.05, 4.69) is 0 Å². The van der Waals surface area contributed by atoms with Crippen LogP contribution in [0.3, 0.4) is 0 Å². The van der Waals surface area contributed by atoms with Gasteiger partial charge in [0.15, 0.2) is 11.6 Å². The molecule has 3 aromatic rings. The lowest BCUT2D eigenvalue weighted by atomic mass is 9.81. The highest BCUT2D eigenvalue weighted by atomic mass is 19.1. The van der Waals surface area contributed by atoms with Gasteiger partial charge in [-0.1, -0.05) is 64.3 Å². The molecule has 1 saturated carbocycles. The number of carboxylic acid groups (broad SMARTS) is 1. The SMILES string of the molecule is C1CC1.COC(c1cc(COc2cccc(CCC(=O)O)c2F)ccc1-c1cc(F)ccc1F)C(C)(C)C. The first-order chi connectivity index (χ1) is 18.0. The highest BCUT2D eigenvalue weighted by Gasteiger charge is 2.29. The Morgan fingerprint density at radius 3 is 2.29 bits per heavy atom. The Morgan fingerprint density at radius 2 is 1.68 bits per heavy atom. The van der Waals surface area contributed by atoms with Gasteiger partial charge in [0.05, 0.1) is 6.10 Å². The van der Waals surface area contributed by atoms with Gasteiger partial charge < -0.3 is 14.6 Å². The number of aliphatic carboxylic acids is 1. The van der Waals surface area contributed by atoms with Crippen LogP contribution >= 0.6 is 0 Å². The first kappa shape index (κ1) is 29.2. The molecule has 7 heteroatoms. The predicted molar refractivity (Wildman–Crippen MR) is 142 cm³/mol. The molecule has 38 heavy (non-hydrogen) atoms. The average Bonchev–Trinajstić information content (AvgIpc) is 3.74. The van der Waals surface area contributed by atoms with E-state index in [1.807, 2.05) is 20.8 Å². The van der Waals surface area contributed by atoms with Gasteiger partial charge in [-0.2, -0.15) is 0 Å². The van der Waals surface area contributed by atoms with Crippen molar-refractivity contribution < 1.29 is 32.5 Å². The number of methoxy groups -OCH3 is 1. The molecule has 0 radical (unpaired) electrons. The number of hydrogen-bond donors (Lipinski definition) is 1. The number of carboxylic acids is 1. The minimum atomic E-state index is -1.01. The third-order valence-electron chi connectivity index (χ3n) is 6.04. The van der Waals surface area contributed by atoms with Crippen LogP contribution in [0.4, 0.5) is 13.2 Å². The van der Waals surface area contributed by atoms with Gasteiger partial charge in [-0.25, -0.2) is 13.2 Å². The number of halogens is 3. The Balaban J connectivity index is 0.00000124. The van der Waals surface area contributed by atoms with Gasteiger partial charge in [0.1, 0.15) is 18.2 Å². The maximum Gasteiger partial charge on any atom is 0.303 e. The smallest absolute Gasteiger partial charge is 0.303 e. The first-order valence-electron chi connectivity index (χ1n) is 12.7. The second kappa shape index (κ2) is 13.0. The molecular formula is C31H35F3O4. The fourth-order valence-electron chi connectivity index (χ4n) is 4.08. The molecule has 4 rings (SSSR count). The van der Waals surface area contributed by atoms with Crippen LogP contribution in [-0.2, 0) is 22.6 Å². The largest absolute Gasteiger partial charge is 0.486 e. The molecule has 0 aromatic heterocycles. The molecule has 1 fully saturated rings. The van der Waals surface area contributed by atoms with E-state index in [0.717, 1.165) is 18.2 Å². The second-order valence-corrected chi connectivity index (χ2v) is 10.5. The lowest BCUT2D eigenvalue weighted by Crippen LogP contribution is -2.21. The minimum Gasteiger partial charge on any atom is -0.486 e. The fourth-order valence-corrected chi connectivity index (χ4v) is 4.08. The molecular weight excluding hydrogens is 493 g/mol. The van der Waals surface area contributed by atoms with E-state index in [4.69, 9.17) is 14.6 Å². The molecule has 1 atom stereocenters. The van der Waals surface area contributed by atoms with Crippen LogP contribution in [-0.4, -0.2) is 18.2 Å². The number of benzene rings is 3. The molecule has 3 aromatic carbocycles. The lowest BCUT2D eigenvalue weighted by molar-refractivity contribution is -0.136. The Bertz CT molecular complexity index is 1250. The standard InChI is InChI=1S/C28H29F3O4.C3H6/c1-28(2,3)27(34-4)22-14-17(8-11-20(22)21-15-19(29)10-12-23(21)30)16-35-24-7-5-6-18(26(24)31)9-13-25(32)33;1-2-3-1/h5-8,10-12,14-15,27H,9,13,16H2,1-4H3,(H,32,33);1-3H2. The van der Waals surface area contributed by atoms with E-state index in [1.54, 1.807) is 31.4 Å². The quantitative estimate of drug-likeness (QED) is 0.304. The molecule has 0 saturated heterocycles. The van der Waals surface area contributed by atoms with Crippen molar-refractivity contribution in [2.24, 2.45) is 5.41 Å². The number of ether oxygens (including phenoxy) is 2. The average molecular weight is 529 g/mol. The Hall–Kier alpha value is -3.32. The van der Waals surface area contributed by atoms with Crippen molar-refractivity contribution in [1.29, 1.82) is 0 Å². The Kier molecular flexibility index (Phi) is 9.97. The molecule has 1 unspecified atom stereocenters. The van der Waals surface area contributed by atoms with E-state index in [0.29, 0.717) is 16.7 Å². The molecule has 0 aliphatic heterocycles. The normalized spacial score (nSPS) is 13.3. The molecule has 4 nitrogen and oxygen atoms in total. The summed E-state index contributed by atoms with van der Waals surface area (Å²) in [5.41, 5.74) is 1.85. The van der Waals surface area contributed by atoms with Crippen LogP contribution < -0.4 is 4.74 Å². The fraction of sp³-hybridized carbons (Fsp3) is 0.387. The Morgan fingerprint density at radius 1 is 0.974 bits per heavy atom. The van der Waals surface area contributed by atoms with Crippen molar-refractivity contribution in [2.75, 3.05) is 7.11 Å². The topological polar surface area (TPSA) is 55.8 Å². The number of carbonyl (C=O) groups is 1. The summed E-state index contributed by atoms with van der Waals surface area (Å²) in [5.74, 6) is -2.71. The van der Waals surface area contributed by atoms with Crippen molar-refractivity contribution in [3.8, 4) is 16.9 Å². The zero-order chi connectivity index (χ0) is 27.9. The van der Waals surface area contributed by atoms with Crippen molar-refractivity contribution in [2.45, 2.75) is 65.6 Å². The molecule has 0 amide bonds. The van der Waals surface area contributed by atoms with Crippen LogP contribution in [0.2, 0.25) is 0 Å². The van der Waals surface area contributed by atoms with E-state index >= 15 is 0 Å². The first-order valence-corrected chi connectivity index (χ1v) is 12.7. The summed E-state index contributed by atoms with van der Waals surface area (Å²) < 4.78 is 54.9. The summed E-state index contributed by atoms with van der Waals surface area (Å²) >= 11 is 0. The predicted octanol–water partition coefficient (Wildman–Crippen LogP) is 8.27. The number of hydrogen-bond acceptors (Lipinski definition) is 3. The van der Waals surface area contributed by atoms with Gasteiger partial charge in [-0.15, -0.1) is 0 Å². The van der Waals surface area contributed by atoms with Crippen LogP contribution in [0.5, 0.6) is 5.75 Å². The van der Waals surface area contributed by atoms with Crippen LogP contribution in [0.15, 0.2) is 54.6 Å². The highest BCUT2D eigenvalue weighted by Crippen LogP contribution is 2.41. The van der Waals surface area contributed by atoms with E-state index in [9.17, 15) is 18.0 Å². The van der Waals surface area contributed by atoms with Gasteiger partial charge in [-0.05, 0) is 64.4 Å². The Labute approximate surface area is 222 Å². The zero-order valence-electron chi connectivity index (χ0n) is 22.3. The molecule has 1 N–H and O–H groups in total. The maximum absolute atomic E-state index is 14.8. The van der Waals surface area contributed by atoms with Crippen LogP contribution in [0, 0.1) is 22.9 Å². The van der Waals surface area contributed by atoms with Gasteiger partial charge in [0.2, 0.25) is 0 Å². The minimum absolute atomic E-state index is 0.00815. The van der Waals surface area contributed by atoms with E-state index in [-0.39, 0.29) is 41.7 Å². The summed E-state index contributed by atoms with van der Waals surface area (Å²) in [4.78, 5) is 10.8. The van der Waals surface area contributed by atoms with E-state index < -0.39 is 29.5 Å². The van der Waals surface area contributed by atoms with Crippen molar-refractivity contribution in [3.05, 3.63) is 88.7 Å². The zero-order valence-corrected chi connectivity index (χ0v) is 22.3. The summed E-state index contributed by atoms with van der Waals surface area (Å²) in [6, 6.07) is 13.1. The molecule has 1 aliphatic rings. The van der Waals surface area contributed by atoms with E-state index in [1.165, 1.54) is 31.4 Å².